The molecular weight excluding hydrogens is 218 g/mol. The Hall–Kier alpha value is -1.43. The Morgan fingerprint density at radius 3 is 3.18 bits per heavy atom. The molecule has 0 saturated heterocycles. The van der Waals surface area contributed by atoms with Crippen molar-refractivity contribution >= 4 is 5.65 Å². The molecule has 2 heterocycles. The number of rotatable bonds is 6. The second-order valence-electron chi connectivity index (χ2n) is 3.94. The molecule has 92 valence electrons. The van der Waals surface area contributed by atoms with Crippen molar-refractivity contribution in [1.82, 2.24) is 14.7 Å². The van der Waals surface area contributed by atoms with Crippen molar-refractivity contribution in [1.29, 1.82) is 0 Å². The maximum atomic E-state index is 9.45. The Labute approximate surface area is 100 Å². The minimum atomic E-state index is -0.475. The van der Waals surface area contributed by atoms with Crippen LogP contribution in [0.1, 0.15) is 5.69 Å². The molecule has 0 aliphatic rings. The number of aliphatic hydroxyl groups excluding tert-OH is 1. The lowest BCUT2D eigenvalue weighted by atomic mass is 10.3. The number of nitrogens with zero attached hydrogens (tertiary/aromatic N) is 2. The summed E-state index contributed by atoms with van der Waals surface area (Å²) in [6.07, 6.45) is 3.47. The van der Waals surface area contributed by atoms with Crippen LogP contribution in [0.25, 0.3) is 5.65 Å². The van der Waals surface area contributed by atoms with E-state index in [1.807, 2.05) is 35.0 Å². The highest BCUT2D eigenvalue weighted by Gasteiger charge is 2.04. The lowest BCUT2D eigenvalue weighted by Gasteiger charge is -2.09. The van der Waals surface area contributed by atoms with Gasteiger partial charge in [-0.25, -0.2) is 4.98 Å². The molecule has 0 aliphatic carbocycles. The van der Waals surface area contributed by atoms with Crippen LogP contribution in [-0.2, 0) is 11.3 Å². The number of pyridine rings is 1. The molecule has 2 aromatic heterocycles. The summed E-state index contributed by atoms with van der Waals surface area (Å²) in [5, 5.41) is 12.6. The predicted octanol–water partition coefficient (Wildman–Crippen LogP) is 0.431. The largest absolute Gasteiger partial charge is 0.389 e. The molecule has 5 heteroatoms. The smallest absolute Gasteiger partial charge is 0.137 e. The zero-order chi connectivity index (χ0) is 12.1. The first kappa shape index (κ1) is 12.0. The van der Waals surface area contributed by atoms with Crippen LogP contribution < -0.4 is 5.32 Å². The second-order valence-corrected chi connectivity index (χ2v) is 3.94. The number of aromatic nitrogens is 2. The maximum absolute atomic E-state index is 9.45. The van der Waals surface area contributed by atoms with Crippen molar-refractivity contribution in [2.24, 2.45) is 0 Å². The summed E-state index contributed by atoms with van der Waals surface area (Å²) in [4.78, 5) is 4.44. The zero-order valence-electron chi connectivity index (χ0n) is 9.84. The minimum absolute atomic E-state index is 0.345. The fraction of sp³-hybridized carbons (Fsp3) is 0.417. The average molecular weight is 235 g/mol. The molecule has 5 nitrogen and oxygen atoms in total. The first-order chi connectivity index (χ1) is 8.29. The molecule has 0 saturated carbocycles. The van der Waals surface area contributed by atoms with E-state index >= 15 is 0 Å². The summed E-state index contributed by atoms with van der Waals surface area (Å²) in [5.74, 6) is 0. The van der Waals surface area contributed by atoms with Crippen LogP contribution in [-0.4, -0.2) is 40.9 Å². The SMILES string of the molecule is COCC(O)CNCc1cn2ccccc2n1. The first-order valence-electron chi connectivity index (χ1n) is 5.60. The van der Waals surface area contributed by atoms with Gasteiger partial charge >= 0.3 is 0 Å². The standard InChI is InChI=1S/C12H17N3O2/c1-17-9-11(16)7-13-6-10-8-15-5-3-2-4-12(15)14-10/h2-5,8,11,13,16H,6-7,9H2,1H3. The van der Waals surface area contributed by atoms with Gasteiger partial charge in [-0.2, -0.15) is 0 Å². The second kappa shape index (κ2) is 5.77. The van der Waals surface area contributed by atoms with Gasteiger partial charge in [0.1, 0.15) is 5.65 Å². The van der Waals surface area contributed by atoms with Gasteiger partial charge in [0.15, 0.2) is 0 Å². The number of methoxy groups -OCH3 is 1. The van der Waals surface area contributed by atoms with E-state index in [1.54, 1.807) is 7.11 Å². The monoisotopic (exact) mass is 235 g/mol. The number of imidazole rings is 1. The van der Waals surface area contributed by atoms with Gasteiger partial charge in [-0.05, 0) is 12.1 Å². The number of hydrogen-bond donors (Lipinski definition) is 2. The summed E-state index contributed by atoms with van der Waals surface area (Å²) in [5.41, 5.74) is 1.89. The normalized spacial score (nSPS) is 13.1. The third kappa shape index (κ3) is 3.26. The number of hydrogen-bond acceptors (Lipinski definition) is 4. The van der Waals surface area contributed by atoms with Crippen molar-refractivity contribution in [3.63, 3.8) is 0 Å². The van der Waals surface area contributed by atoms with Crippen molar-refractivity contribution in [3.05, 3.63) is 36.3 Å². The van der Waals surface area contributed by atoms with Crippen molar-refractivity contribution in [2.75, 3.05) is 20.3 Å². The maximum Gasteiger partial charge on any atom is 0.137 e. The Kier molecular flexibility index (Phi) is 4.08. The van der Waals surface area contributed by atoms with Gasteiger partial charge in [-0.15, -0.1) is 0 Å². The van der Waals surface area contributed by atoms with E-state index in [2.05, 4.69) is 10.3 Å². The summed E-state index contributed by atoms with van der Waals surface area (Å²) < 4.78 is 6.82. The zero-order valence-corrected chi connectivity index (χ0v) is 9.84. The van der Waals surface area contributed by atoms with Crippen LogP contribution in [0.3, 0.4) is 0 Å². The van der Waals surface area contributed by atoms with Crippen molar-refractivity contribution in [3.8, 4) is 0 Å². The number of nitrogens with one attached hydrogen (secondary N) is 1. The minimum Gasteiger partial charge on any atom is -0.389 e. The van der Waals surface area contributed by atoms with Crippen LogP contribution in [0.2, 0.25) is 0 Å². The van der Waals surface area contributed by atoms with Gasteiger partial charge in [-0.3, -0.25) is 0 Å². The summed E-state index contributed by atoms with van der Waals surface area (Å²) in [6, 6.07) is 5.89. The van der Waals surface area contributed by atoms with Gasteiger partial charge < -0.3 is 19.6 Å². The molecular formula is C12H17N3O2. The molecule has 0 fully saturated rings. The third-order valence-corrected chi connectivity index (χ3v) is 2.46. The van der Waals surface area contributed by atoms with E-state index in [4.69, 9.17) is 4.74 Å². The fourth-order valence-electron chi connectivity index (χ4n) is 1.69. The Morgan fingerprint density at radius 1 is 1.53 bits per heavy atom. The van der Waals surface area contributed by atoms with Gasteiger partial charge in [0, 0.05) is 32.6 Å². The molecule has 1 unspecified atom stereocenters. The van der Waals surface area contributed by atoms with Gasteiger partial charge in [-0.1, -0.05) is 6.07 Å². The summed E-state index contributed by atoms with van der Waals surface area (Å²) >= 11 is 0. The van der Waals surface area contributed by atoms with E-state index in [0.717, 1.165) is 11.3 Å². The number of fused-ring (bicyclic) bond motifs is 1. The molecule has 0 radical (unpaired) electrons. The molecule has 17 heavy (non-hydrogen) atoms. The van der Waals surface area contributed by atoms with Crippen LogP contribution in [0, 0.1) is 0 Å². The molecule has 0 amide bonds. The molecule has 2 rings (SSSR count). The fourth-order valence-corrected chi connectivity index (χ4v) is 1.69. The van der Waals surface area contributed by atoms with Crippen molar-refractivity contribution < 1.29 is 9.84 Å². The highest BCUT2D eigenvalue weighted by molar-refractivity contribution is 5.39. The van der Waals surface area contributed by atoms with E-state index in [1.165, 1.54) is 0 Å². The molecule has 0 aliphatic heterocycles. The Morgan fingerprint density at radius 2 is 2.41 bits per heavy atom. The molecule has 2 N–H and O–H groups in total. The van der Waals surface area contributed by atoms with E-state index in [0.29, 0.717) is 19.7 Å². The topological polar surface area (TPSA) is 58.8 Å². The first-order valence-corrected chi connectivity index (χ1v) is 5.60. The lowest BCUT2D eigenvalue weighted by Crippen LogP contribution is -2.29. The van der Waals surface area contributed by atoms with Gasteiger partial charge in [0.25, 0.3) is 0 Å². The van der Waals surface area contributed by atoms with Gasteiger partial charge in [0.2, 0.25) is 0 Å². The molecule has 0 bridgehead atoms. The van der Waals surface area contributed by atoms with Gasteiger partial charge in [0.05, 0.1) is 18.4 Å². The molecule has 2 aromatic rings. The molecule has 0 spiro atoms. The van der Waals surface area contributed by atoms with Crippen LogP contribution in [0.5, 0.6) is 0 Å². The number of ether oxygens (including phenoxy) is 1. The van der Waals surface area contributed by atoms with E-state index in [9.17, 15) is 5.11 Å². The highest BCUT2D eigenvalue weighted by Crippen LogP contribution is 2.03. The molecule has 1 atom stereocenters. The van der Waals surface area contributed by atoms with Crippen LogP contribution in [0.15, 0.2) is 30.6 Å². The van der Waals surface area contributed by atoms with Crippen LogP contribution >= 0.6 is 0 Å². The van der Waals surface area contributed by atoms with Crippen LogP contribution in [0.4, 0.5) is 0 Å². The summed E-state index contributed by atoms with van der Waals surface area (Å²) in [6.45, 7) is 1.49. The predicted molar refractivity (Wildman–Crippen MR) is 64.8 cm³/mol. The summed E-state index contributed by atoms with van der Waals surface area (Å²) in [7, 11) is 1.57. The Bertz CT molecular complexity index is 436. The third-order valence-electron chi connectivity index (χ3n) is 2.46. The van der Waals surface area contributed by atoms with Crippen molar-refractivity contribution in [2.45, 2.75) is 12.6 Å². The Balaban J connectivity index is 1.86. The average Bonchev–Trinajstić information content (AvgIpc) is 2.71. The highest BCUT2D eigenvalue weighted by atomic mass is 16.5. The quantitative estimate of drug-likeness (QED) is 0.762. The van der Waals surface area contributed by atoms with E-state index < -0.39 is 6.10 Å². The number of aliphatic hydroxyl groups is 1. The lowest BCUT2D eigenvalue weighted by molar-refractivity contribution is 0.0643. The van der Waals surface area contributed by atoms with E-state index in [-0.39, 0.29) is 0 Å². The molecule has 0 aromatic carbocycles.